The van der Waals surface area contributed by atoms with Gasteiger partial charge in [-0.2, -0.15) is 0 Å². The van der Waals surface area contributed by atoms with Crippen LogP contribution in [-0.2, 0) is 6.54 Å². The molecule has 1 heterocycles. The fourth-order valence-electron chi connectivity index (χ4n) is 2.51. The van der Waals surface area contributed by atoms with Crippen LogP contribution in [0.15, 0.2) is 54.6 Å². The van der Waals surface area contributed by atoms with E-state index in [0.29, 0.717) is 13.1 Å². The molecule has 25 heavy (non-hydrogen) atoms. The Morgan fingerprint density at radius 2 is 1.80 bits per heavy atom. The molecule has 3 rings (SSSR count). The summed E-state index contributed by atoms with van der Waals surface area (Å²) in [5.74, 6) is -1.52. The molecule has 0 aliphatic carbocycles. The number of aromatic carboxylic acids is 1. The number of hydrogen-bond acceptors (Lipinski definition) is 4. The van der Waals surface area contributed by atoms with Crippen LogP contribution in [0.4, 0.5) is 10.2 Å². The molecule has 0 atom stereocenters. The summed E-state index contributed by atoms with van der Waals surface area (Å²) in [6.07, 6.45) is 0. The van der Waals surface area contributed by atoms with Gasteiger partial charge in [0.2, 0.25) is 5.69 Å². The Morgan fingerprint density at radius 3 is 2.44 bits per heavy atom. The summed E-state index contributed by atoms with van der Waals surface area (Å²) in [6, 6.07) is 15.6. The number of carboxylic acid groups (broad SMARTS) is 1. The zero-order valence-corrected chi connectivity index (χ0v) is 13.6. The van der Waals surface area contributed by atoms with Gasteiger partial charge in [0.1, 0.15) is 5.69 Å². The van der Waals surface area contributed by atoms with Gasteiger partial charge < -0.3 is 10.0 Å². The maximum atomic E-state index is 14.0. The third-order valence-electron chi connectivity index (χ3n) is 3.76. The maximum absolute atomic E-state index is 14.0. The van der Waals surface area contributed by atoms with Crippen LogP contribution in [0.2, 0.25) is 0 Å². The van der Waals surface area contributed by atoms with Crippen LogP contribution in [0.3, 0.4) is 0 Å². The molecular weight excluding hydrogens is 323 g/mol. The highest BCUT2D eigenvalue weighted by Gasteiger charge is 2.23. The first kappa shape index (κ1) is 16.6. The van der Waals surface area contributed by atoms with Crippen LogP contribution in [0, 0.1) is 5.82 Å². The van der Waals surface area contributed by atoms with E-state index in [9.17, 15) is 14.3 Å². The average molecular weight is 340 g/mol. The highest BCUT2D eigenvalue weighted by Crippen LogP contribution is 2.21. The number of hydrogen-bond donors (Lipinski definition) is 1. The first-order valence-electron chi connectivity index (χ1n) is 7.84. The summed E-state index contributed by atoms with van der Waals surface area (Å²) in [4.78, 5) is 14.4. The summed E-state index contributed by atoms with van der Waals surface area (Å²) in [7, 11) is 0. The molecular formula is C18H17FN4O2. The molecule has 7 heteroatoms. The van der Waals surface area contributed by atoms with Gasteiger partial charge in [-0.15, -0.1) is 15.0 Å². The highest BCUT2D eigenvalue weighted by molar-refractivity contribution is 5.91. The van der Waals surface area contributed by atoms with Crippen LogP contribution in [0.1, 0.15) is 23.0 Å². The summed E-state index contributed by atoms with van der Waals surface area (Å²) >= 11 is 0. The predicted octanol–water partition coefficient (Wildman–Crippen LogP) is 3.13. The second-order valence-electron chi connectivity index (χ2n) is 5.42. The standard InChI is InChI=1S/C18H17FN4O2/c1-2-22(12-13-8-4-3-5-9-13)17-16(18(24)25)20-23(21-17)15-11-7-6-10-14(15)19/h3-11H,2,12H2,1H3,(H,24,25). The zero-order valence-electron chi connectivity index (χ0n) is 13.6. The van der Waals surface area contributed by atoms with Crippen LogP contribution in [0.5, 0.6) is 0 Å². The fraction of sp³-hybridized carbons (Fsp3) is 0.167. The van der Waals surface area contributed by atoms with Gasteiger partial charge in [0.15, 0.2) is 11.6 Å². The first-order valence-corrected chi connectivity index (χ1v) is 7.84. The molecule has 1 N–H and O–H groups in total. The minimum atomic E-state index is -1.20. The highest BCUT2D eigenvalue weighted by atomic mass is 19.1. The molecule has 0 aliphatic rings. The fourth-order valence-corrected chi connectivity index (χ4v) is 2.51. The van der Waals surface area contributed by atoms with E-state index in [1.165, 1.54) is 12.1 Å². The van der Waals surface area contributed by atoms with Gasteiger partial charge >= 0.3 is 5.97 Å². The van der Waals surface area contributed by atoms with Crippen molar-refractivity contribution >= 4 is 11.8 Å². The predicted molar refractivity (Wildman–Crippen MR) is 91.4 cm³/mol. The Bertz CT molecular complexity index is 880. The third-order valence-corrected chi connectivity index (χ3v) is 3.76. The van der Waals surface area contributed by atoms with Crippen molar-refractivity contribution in [3.8, 4) is 5.69 Å². The lowest BCUT2D eigenvalue weighted by Crippen LogP contribution is -2.24. The maximum Gasteiger partial charge on any atom is 0.360 e. The molecule has 0 saturated carbocycles. The number of carbonyl (C=O) groups is 1. The van der Waals surface area contributed by atoms with Gasteiger partial charge in [0.05, 0.1) is 0 Å². The average Bonchev–Trinajstić information content (AvgIpc) is 3.06. The molecule has 0 amide bonds. The molecule has 2 aromatic carbocycles. The molecule has 0 radical (unpaired) electrons. The van der Waals surface area contributed by atoms with Crippen LogP contribution >= 0.6 is 0 Å². The molecule has 0 spiro atoms. The quantitative estimate of drug-likeness (QED) is 0.746. The van der Waals surface area contributed by atoms with Crippen molar-refractivity contribution in [2.75, 3.05) is 11.4 Å². The van der Waals surface area contributed by atoms with Crippen LogP contribution in [-0.4, -0.2) is 32.6 Å². The van der Waals surface area contributed by atoms with E-state index in [4.69, 9.17) is 0 Å². The monoisotopic (exact) mass is 340 g/mol. The number of aromatic nitrogens is 3. The Labute approximate surface area is 144 Å². The van der Waals surface area contributed by atoms with Gasteiger partial charge in [-0.25, -0.2) is 9.18 Å². The lowest BCUT2D eigenvalue weighted by molar-refractivity contribution is 0.0690. The largest absolute Gasteiger partial charge is 0.476 e. The van der Waals surface area contributed by atoms with Crippen molar-refractivity contribution in [1.29, 1.82) is 0 Å². The number of carboxylic acids is 1. The Balaban J connectivity index is 2.02. The zero-order chi connectivity index (χ0) is 17.8. The molecule has 3 aromatic rings. The second-order valence-corrected chi connectivity index (χ2v) is 5.42. The Morgan fingerprint density at radius 1 is 1.12 bits per heavy atom. The van der Waals surface area contributed by atoms with Crippen molar-refractivity contribution in [2.24, 2.45) is 0 Å². The topological polar surface area (TPSA) is 71.2 Å². The molecule has 0 aliphatic heterocycles. The van der Waals surface area contributed by atoms with E-state index in [1.54, 1.807) is 17.0 Å². The number of benzene rings is 2. The Kier molecular flexibility index (Phi) is 4.74. The minimum absolute atomic E-state index is 0.104. The van der Waals surface area contributed by atoms with Gasteiger partial charge in [-0.1, -0.05) is 42.5 Å². The summed E-state index contributed by atoms with van der Waals surface area (Å²) < 4.78 is 14.0. The van der Waals surface area contributed by atoms with Crippen LogP contribution in [0.25, 0.3) is 5.69 Å². The molecule has 1 aromatic heterocycles. The lowest BCUT2D eigenvalue weighted by Gasteiger charge is -2.20. The third kappa shape index (κ3) is 3.50. The van der Waals surface area contributed by atoms with Crippen LogP contribution < -0.4 is 4.90 Å². The van der Waals surface area contributed by atoms with E-state index in [2.05, 4.69) is 10.2 Å². The van der Waals surface area contributed by atoms with E-state index >= 15 is 0 Å². The van der Waals surface area contributed by atoms with E-state index in [1.807, 2.05) is 37.3 Å². The smallest absolute Gasteiger partial charge is 0.360 e. The molecule has 128 valence electrons. The van der Waals surface area contributed by atoms with Gasteiger partial charge in [0.25, 0.3) is 0 Å². The number of rotatable bonds is 6. The van der Waals surface area contributed by atoms with Gasteiger partial charge in [-0.05, 0) is 24.6 Å². The molecule has 0 bridgehead atoms. The molecule has 6 nitrogen and oxygen atoms in total. The first-order chi connectivity index (χ1) is 12.1. The van der Waals surface area contributed by atoms with E-state index in [-0.39, 0.29) is 17.2 Å². The van der Waals surface area contributed by atoms with Crippen molar-refractivity contribution in [3.63, 3.8) is 0 Å². The van der Waals surface area contributed by atoms with Gasteiger partial charge in [-0.3, -0.25) is 0 Å². The van der Waals surface area contributed by atoms with Crippen molar-refractivity contribution in [2.45, 2.75) is 13.5 Å². The lowest BCUT2D eigenvalue weighted by atomic mass is 10.2. The van der Waals surface area contributed by atoms with E-state index < -0.39 is 11.8 Å². The second kappa shape index (κ2) is 7.12. The number of anilines is 1. The van der Waals surface area contributed by atoms with Crippen molar-refractivity contribution < 1.29 is 14.3 Å². The SMILES string of the molecule is CCN(Cc1ccccc1)c1nn(-c2ccccc2F)nc1C(=O)O. The summed E-state index contributed by atoms with van der Waals surface area (Å²) in [5, 5.41) is 17.7. The number of para-hydroxylation sites is 1. The normalized spacial score (nSPS) is 10.6. The summed E-state index contributed by atoms with van der Waals surface area (Å²) in [6.45, 7) is 2.91. The number of halogens is 1. The molecule has 0 unspecified atom stereocenters. The molecule has 0 saturated heterocycles. The van der Waals surface area contributed by atoms with Gasteiger partial charge in [0, 0.05) is 13.1 Å². The van der Waals surface area contributed by atoms with E-state index in [0.717, 1.165) is 10.4 Å². The van der Waals surface area contributed by atoms with Crippen molar-refractivity contribution in [3.05, 3.63) is 71.7 Å². The number of nitrogens with zero attached hydrogens (tertiary/aromatic N) is 4. The molecule has 0 fully saturated rings. The summed E-state index contributed by atoms with van der Waals surface area (Å²) in [5.41, 5.74) is 0.911. The minimum Gasteiger partial charge on any atom is -0.476 e. The van der Waals surface area contributed by atoms with Crippen molar-refractivity contribution in [1.82, 2.24) is 15.0 Å². The Hall–Kier alpha value is -3.22.